The molecule has 0 aliphatic carbocycles. The van der Waals surface area contributed by atoms with Crippen LogP contribution in [-0.2, 0) is 14.3 Å². The molecule has 0 bridgehead atoms. The number of esters is 1. The average Bonchev–Trinajstić information content (AvgIpc) is 3.18. The lowest BCUT2D eigenvalue weighted by molar-refractivity contribution is -0.155. The zero-order valence-corrected chi connectivity index (χ0v) is 18.7. The zero-order chi connectivity index (χ0) is 22.0. The maximum atomic E-state index is 12.6. The van der Waals surface area contributed by atoms with Gasteiger partial charge in [-0.3, -0.25) is 4.79 Å². The summed E-state index contributed by atoms with van der Waals surface area (Å²) < 4.78 is 25.6. The molecule has 2 heterocycles. The van der Waals surface area contributed by atoms with Crippen molar-refractivity contribution in [2.45, 2.75) is 45.3 Å². The number of morpholine rings is 1. The molecule has 1 fully saturated rings. The summed E-state index contributed by atoms with van der Waals surface area (Å²) >= 11 is 1.09. The second kappa shape index (κ2) is 11.8. The molecule has 1 aliphatic heterocycles. The van der Waals surface area contributed by atoms with Crippen molar-refractivity contribution in [2.24, 2.45) is 5.92 Å². The predicted molar refractivity (Wildman–Crippen MR) is 116 cm³/mol. The minimum atomic E-state index is -0.533. The van der Waals surface area contributed by atoms with Crippen LogP contribution in [0, 0.1) is 30.6 Å². The number of terminal acetylenes is 2. The van der Waals surface area contributed by atoms with Crippen LogP contribution < -0.4 is 15.0 Å². The Labute approximate surface area is 183 Å². The van der Waals surface area contributed by atoms with Gasteiger partial charge in [0, 0.05) is 38.0 Å². The summed E-state index contributed by atoms with van der Waals surface area (Å²) in [6.45, 7) is 9.39. The molecule has 30 heavy (non-hydrogen) atoms. The highest BCUT2D eigenvalue weighted by Gasteiger charge is 2.26. The maximum Gasteiger partial charge on any atom is 0.311 e. The fraction of sp³-hybridized carbons (Fsp3) is 0.667. The Bertz CT molecular complexity index is 740. The Morgan fingerprint density at radius 1 is 1.27 bits per heavy atom. The number of ether oxygens (including phenoxy) is 3. The standard InChI is InChI=1S/C21H30N4O4S/c1-6-8-16(9-7-2)20(26)29-17(14-22-21(3,4)5)15-28-19-18(23-30-24-19)25-10-12-27-13-11-25/h1-2,16-17,22H,8-15H2,3-5H3/t17-/m0/s1. The third-order valence-electron chi connectivity index (χ3n) is 4.36. The first kappa shape index (κ1) is 23.9. The molecule has 2 rings (SSSR count). The number of nitrogens with one attached hydrogen (secondary N) is 1. The molecule has 8 nitrogen and oxygen atoms in total. The van der Waals surface area contributed by atoms with E-state index in [2.05, 4.69) is 30.8 Å². The molecule has 0 amide bonds. The normalized spacial score (nSPS) is 15.3. The second-order valence-corrected chi connectivity index (χ2v) is 8.54. The molecule has 1 aliphatic rings. The van der Waals surface area contributed by atoms with Crippen molar-refractivity contribution in [3.05, 3.63) is 0 Å². The summed E-state index contributed by atoms with van der Waals surface area (Å²) in [5.41, 5.74) is -0.150. The quantitative estimate of drug-likeness (QED) is 0.440. The zero-order valence-electron chi connectivity index (χ0n) is 17.8. The van der Waals surface area contributed by atoms with E-state index in [9.17, 15) is 4.79 Å². The van der Waals surface area contributed by atoms with E-state index in [1.54, 1.807) is 0 Å². The van der Waals surface area contributed by atoms with Gasteiger partial charge in [-0.25, -0.2) is 0 Å². The summed E-state index contributed by atoms with van der Waals surface area (Å²) in [5.74, 6) is 5.15. The first-order valence-corrected chi connectivity index (χ1v) is 10.7. The fourth-order valence-corrected chi connectivity index (χ4v) is 3.27. The van der Waals surface area contributed by atoms with E-state index in [0.29, 0.717) is 31.5 Å². The highest BCUT2D eigenvalue weighted by atomic mass is 32.1. The molecule has 1 saturated heterocycles. The van der Waals surface area contributed by atoms with E-state index in [4.69, 9.17) is 27.1 Å². The van der Waals surface area contributed by atoms with Crippen LogP contribution in [0.15, 0.2) is 0 Å². The summed E-state index contributed by atoms with van der Waals surface area (Å²) in [6, 6.07) is 0. The molecule has 1 aromatic rings. The summed E-state index contributed by atoms with van der Waals surface area (Å²) in [5, 5.41) is 3.34. The minimum absolute atomic E-state index is 0.135. The van der Waals surface area contributed by atoms with Gasteiger partial charge in [0.25, 0.3) is 5.88 Å². The summed E-state index contributed by atoms with van der Waals surface area (Å²) in [7, 11) is 0. The lowest BCUT2D eigenvalue weighted by Crippen LogP contribution is -2.44. The van der Waals surface area contributed by atoms with Gasteiger partial charge in [-0.2, -0.15) is 4.37 Å². The van der Waals surface area contributed by atoms with Crippen molar-refractivity contribution < 1.29 is 19.0 Å². The van der Waals surface area contributed by atoms with E-state index in [-0.39, 0.29) is 25.0 Å². The van der Waals surface area contributed by atoms with Crippen LogP contribution in [0.25, 0.3) is 0 Å². The monoisotopic (exact) mass is 434 g/mol. The van der Waals surface area contributed by atoms with Gasteiger partial charge in [0.15, 0.2) is 0 Å². The number of carbonyl (C=O) groups is 1. The van der Waals surface area contributed by atoms with E-state index < -0.39 is 18.0 Å². The predicted octanol–water partition coefficient (Wildman–Crippen LogP) is 1.72. The van der Waals surface area contributed by atoms with Gasteiger partial charge in [0.2, 0.25) is 5.82 Å². The average molecular weight is 435 g/mol. The molecule has 0 unspecified atom stereocenters. The lowest BCUT2D eigenvalue weighted by Gasteiger charge is -2.28. The Kier molecular flexibility index (Phi) is 9.38. The molecular formula is C21H30N4O4S. The SMILES string of the molecule is C#CCC(CC#C)C(=O)O[C@@H](CNC(C)(C)C)COc1nsnc1N1CCOCC1. The number of rotatable bonds is 10. The van der Waals surface area contributed by atoms with Crippen molar-refractivity contribution in [1.29, 1.82) is 0 Å². The summed E-state index contributed by atoms with van der Waals surface area (Å²) in [6.07, 6.45) is 10.7. The van der Waals surface area contributed by atoms with Crippen LogP contribution in [0.1, 0.15) is 33.6 Å². The van der Waals surface area contributed by atoms with Crippen LogP contribution in [0.2, 0.25) is 0 Å². The van der Waals surface area contributed by atoms with E-state index >= 15 is 0 Å². The van der Waals surface area contributed by atoms with Crippen molar-refractivity contribution in [2.75, 3.05) is 44.4 Å². The van der Waals surface area contributed by atoms with Crippen LogP contribution in [0.3, 0.4) is 0 Å². The second-order valence-electron chi connectivity index (χ2n) is 8.01. The number of hydrogen-bond acceptors (Lipinski definition) is 9. The first-order chi connectivity index (χ1) is 14.3. The molecule has 9 heteroatoms. The molecule has 164 valence electrons. The number of hydrogen-bond donors (Lipinski definition) is 1. The fourth-order valence-electron chi connectivity index (χ4n) is 2.75. The van der Waals surface area contributed by atoms with Crippen molar-refractivity contribution in [3.63, 3.8) is 0 Å². The van der Waals surface area contributed by atoms with Crippen molar-refractivity contribution in [3.8, 4) is 30.6 Å². The van der Waals surface area contributed by atoms with Gasteiger partial charge in [-0.15, -0.1) is 29.1 Å². The van der Waals surface area contributed by atoms with E-state index in [1.165, 1.54) is 0 Å². The van der Waals surface area contributed by atoms with Crippen LogP contribution in [0.5, 0.6) is 5.88 Å². The smallest absolute Gasteiger partial charge is 0.311 e. The van der Waals surface area contributed by atoms with Crippen LogP contribution in [-0.4, -0.2) is 65.8 Å². The molecule has 0 radical (unpaired) electrons. The Balaban J connectivity index is 2.03. The van der Waals surface area contributed by atoms with Gasteiger partial charge in [0.05, 0.1) is 30.9 Å². The molecule has 0 saturated carbocycles. The Morgan fingerprint density at radius 3 is 2.53 bits per heavy atom. The van der Waals surface area contributed by atoms with Crippen LogP contribution in [0.4, 0.5) is 5.82 Å². The Hall–Kier alpha value is -2.33. The summed E-state index contributed by atoms with van der Waals surface area (Å²) in [4.78, 5) is 14.7. The number of anilines is 1. The highest BCUT2D eigenvalue weighted by Crippen LogP contribution is 2.26. The molecular weight excluding hydrogens is 404 g/mol. The molecule has 1 atom stereocenters. The van der Waals surface area contributed by atoms with Gasteiger partial charge >= 0.3 is 5.97 Å². The molecule has 0 aromatic carbocycles. The highest BCUT2D eigenvalue weighted by molar-refractivity contribution is 6.99. The van der Waals surface area contributed by atoms with E-state index in [1.807, 2.05) is 20.8 Å². The minimum Gasteiger partial charge on any atom is -0.470 e. The molecule has 0 spiro atoms. The molecule has 1 N–H and O–H groups in total. The third kappa shape index (κ3) is 7.83. The van der Waals surface area contributed by atoms with Crippen LogP contribution >= 0.6 is 11.7 Å². The third-order valence-corrected chi connectivity index (χ3v) is 4.87. The number of carbonyl (C=O) groups excluding carboxylic acids is 1. The lowest BCUT2D eigenvalue weighted by atomic mass is 10.0. The Morgan fingerprint density at radius 2 is 1.93 bits per heavy atom. The largest absolute Gasteiger partial charge is 0.470 e. The van der Waals surface area contributed by atoms with Crippen molar-refractivity contribution in [1.82, 2.24) is 14.1 Å². The first-order valence-electron chi connectivity index (χ1n) is 9.94. The topological polar surface area (TPSA) is 85.8 Å². The van der Waals surface area contributed by atoms with Crippen molar-refractivity contribution >= 4 is 23.5 Å². The molecule has 1 aromatic heterocycles. The maximum absolute atomic E-state index is 12.6. The number of nitrogens with zero attached hydrogens (tertiary/aromatic N) is 3. The van der Waals surface area contributed by atoms with Gasteiger partial charge < -0.3 is 24.4 Å². The van der Waals surface area contributed by atoms with Gasteiger partial charge in [-0.1, -0.05) is 0 Å². The van der Waals surface area contributed by atoms with Gasteiger partial charge in [-0.05, 0) is 20.8 Å². The van der Waals surface area contributed by atoms with Gasteiger partial charge in [0.1, 0.15) is 12.7 Å². The number of aromatic nitrogens is 2. The van der Waals surface area contributed by atoms with E-state index in [0.717, 1.165) is 24.8 Å².